The van der Waals surface area contributed by atoms with E-state index in [2.05, 4.69) is 30.8 Å². The highest BCUT2D eigenvalue weighted by Gasteiger charge is 2.22. The summed E-state index contributed by atoms with van der Waals surface area (Å²) in [7, 11) is 0. The lowest BCUT2D eigenvalue weighted by atomic mass is 10.2. The van der Waals surface area contributed by atoms with E-state index in [4.69, 9.17) is 28.2 Å². The van der Waals surface area contributed by atoms with Crippen molar-refractivity contribution in [2.75, 3.05) is 41.7 Å². The molecule has 2 aromatic heterocycles. The van der Waals surface area contributed by atoms with Crippen molar-refractivity contribution in [1.29, 1.82) is 0 Å². The van der Waals surface area contributed by atoms with Gasteiger partial charge in [0.15, 0.2) is 5.82 Å². The number of hydrogen-bond acceptors (Lipinski definition) is 7. The van der Waals surface area contributed by atoms with E-state index in [-0.39, 0.29) is 11.9 Å². The van der Waals surface area contributed by atoms with Gasteiger partial charge >= 0.3 is 0 Å². The number of nitrogens with one attached hydrogen (secondary N) is 3. The molecule has 1 aliphatic heterocycles. The quantitative estimate of drug-likeness (QED) is 0.434. The minimum atomic E-state index is -0.321. The molecule has 8 nitrogen and oxygen atoms in total. The number of aromatic nitrogens is 3. The fourth-order valence-electron chi connectivity index (χ4n) is 4.48. The number of amides is 1. The van der Waals surface area contributed by atoms with Crippen LogP contribution in [0.4, 0.5) is 17.2 Å². The van der Waals surface area contributed by atoms with Gasteiger partial charge in [-0.05, 0) is 43.2 Å². The van der Waals surface area contributed by atoms with Crippen LogP contribution in [0.5, 0.6) is 0 Å². The van der Waals surface area contributed by atoms with Crippen molar-refractivity contribution >= 4 is 46.3 Å². The Bertz CT molecular complexity index is 1210. The third-order valence-electron chi connectivity index (χ3n) is 6.36. The van der Waals surface area contributed by atoms with E-state index in [1.165, 1.54) is 0 Å². The summed E-state index contributed by atoms with van der Waals surface area (Å²) in [5.41, 5.74) is 2.68. The third-order valence-corrected chi connectivity index (χ3v) is 7.10. The molecular weight excluding hydrogens is 485 g/mol. The Morgan fingerprint density at radius 1 is 1.03 bits per heavy atom. The van der Waals surface area contributed by atoms with Gasteiger partial charge in [0.2, 0.25) is 0 Å². The van der Waals surface area contributed by atoms with Crippen LogP contribution in [0.1, 0.15) is 36.0 Å². The molecule has 2 fully saturated rings. The van der Waals surface area contributed by atoms with E-state index in [1.807, 2.05) is 12.1 Å². The zero-order chi connectivity index (χ0) is 24.2. The number of piperazine rings is 1. The molecule has 1 aromatic carbocycles. The van der Waals surface area contributed by atoms with Crippen molar-refractivity contribution in [3.8, 4) is 11.5 Å². The average molecular weight is 512 g/mol. The Hall–Kier alpha value is -2.94. The molecule has 3 aromatic rings. The van der Waals surface area contributed by atoms with Gasteiger partial charge < -0.3 is 20.9 Å². The van der Waals surface area contributed by atoms with E-state index in [9.17, 15) is 4.79 Å². The smallest absolute Gasteiger partial charge is 0.260 e. The Morgan fingerprint density at radius 2 is 1.83 bits per heavy atom. The number of rotatable bonds is 6. The third kappa shape index (κ3) is 5.66. The minimum Gasteiger partial charge on any atom is -0.369 e. The summed E-state index contributed by atoms with van der Waals surface area (Å²) in [5, 5.41) is 10.5. The molecule has 3 heterocycles. The SMILES string of the molecule is O=C(Nc1ccc(Cl)c(Cl)c1)c1cnc(-c2cc(N3CCNCC3)ccn2)nc1NC1CCCC1. The number of pyridine rings is 1. The number of hydrogen-bond donors (Lipinski definition) is 3. The molecular formula is C25H27Cl2N7O. The minimum absolute atomic E-state index is 0.273. The van der Waals surface area contributed by atoms with E-state index >= 15 is 0 Å². The molecule has 1 saturated heterocycles. The maximum Gasteiger partial charge on any atom is 0.260 e. The summed E-state index contributed by atoms with van der Waals surface area (Å²) in [6, 6.07) is 9.26. The van der Waals surface area contributed by atoms with Crippen LogP contribution in [-0.2, 0) is 0 Å². The van der Waals surface area contributed by atoms with Gasteiger partial charge in [0.05, 0.1) is 10.0 Å². The Morgan fingerprint density at radius 3 is 2.60 bits per heavy atom. The van der Waals surface area contributed by atoms with Crippen LogP contribution >= 0.6 is 23.2 Å². The van der Waals surface area contributed by atoms with Gasteiger partial charge in [0.1, 0.15) is 17.1 Å². The van der Waals surface area contributed by atoms with E-state index in [1.54, 1.807) is 30.6 Å². The van der Waals surface area contributed by atoms with Crippen molar-refractivity contribution in [3.63, 3.8) is 0 Å². The van der Waals surface area contributed by atoms with Crippen LogP contribution in [0.3, 0.4) is 0 Å². The van der Waals surface area contributed by atoms with E-state index in [0.717, 1.165) is 57.5 Å². The van der Waals surface area contributed by atoms with Crippen LogP contribution in [0.25, 0.3) is 11.5 Å². The molecule has 0 spiro atoms. The number of halogens is 2. The second kappa shape index (κ2) is 10.8. The van der Waals surface area contributed by atoms with Crippen molar-refractivity contribution < 1.29 is 4.79 Å². The lowest BCUT2D eigenvalue weighted by Crippen LogP contribution is -2.43. The molecule has 2 aliphatic rings. The number of nitrogens with zero attached hydrogens (tertiary/aromatic N) is 4. The normalized spacial score (nSPS) is 16.3. The van der Waals surface area contributed by atoms with Gasteiger partial charge in [-0.2, -0.15) is 0 Å². The van der Waals surface area contributed by atoms with Gasteiger partial charge in [0.25, 0.3) is 5.91 Å². The highest BCUT2D eigenvalue weighted by atomic mass is 35.5. The first kappa shape index (κ1) is 23.8. The summed E-state index contributed by atoms with van der Waals surface area (Å²) in [5.74, 6) is 0.667. The van der Waals surface area contributed by atoms with Crippen molar-refractivity contribution in [2.24, 2.45) is 0 Å². The van der Waals surface area contributed by atoms with Gasteiger partial charge in [0, 0.05) is 56.0 Å². The molecule has 10 heteroatoms. The molecule has 0 radical (unpaired) electrons. The van der Waals surface area contributed by atoms with Crippen LogP contribution in [-0.4, -0.2) is 53.1 Å². The second-order valence-corrected chi connectivity index (χ2v) is 9.62. The first-order valence-corrected chi connectivity index (χ1v) is 12.6. The van der Waals surface area contributed by atoms with Crippen molar-refractivity contribution in [3.05, 3.63) is 58.3 Å². The second-order valence-electron chi connectivity index (χ2n) is 8.80. The summed E-state index contributed by atoms with van der Waals surface area (Å²) >= 11 is 12.1. The standard InChI is InChI=1S/C25H27Cl2N7O/c26-20-6-5-17(13-21(20)27)32-25(35)19-15-30-24(33-23(19)31-16-3-1-2-4-16)22-14-18(7-8-29-22)34-11-9-28-10-12-34/h5-8,13-16,28H,1-4,9-12H2,(H,32,35)(H,30,31,33). The maximum atomic E-state index is 13.2. The lowest BCUT2D eigenvalue weighted by Gasteiger charge is -2.29. The molecule has 0 unspecified atom stereocenters. The number of benzene rings is 1. The van der Waals surface area contributed by atoms with Crippen molar-refractivity contribution in [2.45, 2.75) is 31.7 Å². The number of carbonyl (C=O) groups is 1. The lowest BCUT2D eigenvalue weighted by molar-refractivity contribution is 0.102. The summed E-state index contributed by atoms with van der Waals surface area (Å²) in [4.78, 5) is 29.3. The van der Waals surface area contributed by atoms with Gasteiger partial charge in [-0.1, -0.05) is 36.0 Å². The summed E-state index contributed by atoms with van der Waals surface area (Å²) in [6.45, 7) is 3.78. The fourth-order valence-corrected chi connectivity index (χ4v) is 4.78. The topological polar surface area (TPSA) is 95.1 Å². The number of anilines is 3. The molecule has 0 atom stereocenters. The molecule has 1 saturated carbocycles. The molecule has 182 valence electrons. The molecule has 1 aliphatic carbocycles. The molecule has 0 bridgehead atoms. The molecule has 1 amide bonds. The Kier molecular flexibility index (Phi) is 7.32. The summed E-state index contributed by atoms with van der Waals surface area (Å²) < 4.78 is 0. The van der Waals surface area contributed by atoms with Gasteiger partial charge in [-0.25, -0.2) is 9.97 Å². The molecule has 35 heavy (non-hydrogen) atoms. The monoisotopic (exact) mass is 511 g/mol. The maximum absolute atomic E-state index is 13.2. The first-order valence-electron chi connectivity index (χ1n) is 11.9. The van der Waals surface area contributed by atoms with Crippen molar-refractivity contribution in [1.82, 2.24) is 20.3 Å². The van der Waals surface area contributed by atoms with E-state index < -0.39 is 0 Å². The zero-order valence-electron chi connectivity index (χ0n) is 19.2. The number of carbonyl (C=O) groups excluding carboxylic acids is 1. The van der Waals surface area contributed by atoms with Crippen LogP contribution in [0.2, 0.25) is 10.0 Å². The highest BCUT2D eigenvalue weighted by molar-refractivity contribution is 6.42. The zero-order valence-corrected chi connectivity index (χ0v) is 20.7. The molecule has 5 rings (SSSR count). The highest BCUT2D eigenvalue weighted by Crippen LogP contribution is 2.28. The summed E-state index contributed by atoms with van der Waals surface area (Å²) in [6.07, 6.45) is 7.76. The Balaban J connectivity index is 1.44. The Labute approximate surface area is 214 Å². The largest absolute Gasteiger partial charge is 0.369 e. The van der Waals surface area contributed by atoms with Crippen LogP contribution in [0, 0.1) is 0 Å². The first-order chi connectivity index (χ1) is 17.1. The fraction of sp³-hybridized carbons (Fsp3) is 0.360. The van der Waals surface area contributed by atoms with E-state index in [0.29, 0.717) is 38.6 Å². The van der Waals surface area contributed by atoms with Gasteiger partial charge in [-0.15, -0.1) is 0 Å². The average Bonchev–Trinajstić information content (AvgIpc) is 3.40. The predicted octanol–water partition coefficient (Wildman–Crippen LogP) is 4.86. The van der Waals surface area contributed by atoms with Crippen LogP contribution < -0.4 is 20.9 Å². The predicted molar refractivity (Wildman–Crippen MR) is 141 cm³/mol. The van der Waals surface area contributed by atoms with Gasteiger partial charge in [-0.3, -0.25) is 9.78 Å². The van der Waals surface area contributed by atoms with Crippen LogP contribution in [0.15, 0.2) is 42.7 Å². The molecule has 3 N–H and O–H groups in total.